The molecule has 3 rings (SSSR count). The number of amides is 1. The van der Waals surface area contributed by atoms with E-state index >= 15 is 0 Å². The number of carboxylic acid groups (broad SMARTS) is 1. The van der Waals surface area contributed by atoms with Crippen molar-refractivity contribution in [1.29, 1.82) is 0 Å². The van der Waals surface area contributed by atoms with Crippen molar-refractivity contribution in [3.8, 4) is 0 Å². The van der Waals surface area contributed by atoms with Crippen molar-refractivity contribution < 1.29 is 14.7 Å². The van der Waals surface area contributed by atoms with Crippen molar-refractivity contribution in [3.63, 3.8) is 0 Å². The zero-order valence-corrected chi connectivity index (χ0v) is 13.9. The van der Waals surface area contributed by atoms with E-state index in [1.165, 1.54) is 11.3 Å². The smallest absolute Gasteiger partial charge is 0.326 e. The van der Waals surface area contributed by atoms with Crippen LogP contribution in [0, 0.1) is 0 Å². The van der Waals surface area contributed by atoms with Gasteiger partial charge in [-0.1, -0.05) is 48.6 Å². The number of carbonyl (C=O) groups is 2. The van der Waals surface area contributed by atoms with Gasteiger partial charge in [-0.2, -0.15) is 4.99 Å². The summed E-state index contributed by atoms with van der Waals surface area (Å²) in [5.74, 6) is -1.31. The molecule has 1 aromatic heterocycles. The van der Waals surface area contributed by atoms with E-state index in [9.17, 15) is 14.7 Å². The van der Waals surface area contributed by atoms with E-state index in [0.29, 0.717) is 16.8 Å². The Morgan fingerprint density at radius 3 is 2.46 bits per heavy atom. The molecule has 1 N–H and O–H groups in total. The van der Waals surface area contributed by atoms with Crippen molar-refractivity contribution in [3.05, 3.63) is 65.0 Å². The number of nitrogens with zero attached hydrogens (tertiary/aromatic N) is 2. The van der Waals surface area contributed by atoms with Crippen molar-refractivity contribution in [2.45, 2.75) is 19.4 Å². The second-order valence-corrected chi connectivity index (χ2v) is 6.28. The third kappa shape index (κ3) is 3.00. The van der Waals surface area contributed by atoms with Gasteiger partial charge in [-0.3, -0.25) is 4.79 Å². The van der Waals surface area contributed by atoms with Crippen LogP contribution >= 0.6 is 11.3 Å². The molecule has 1 heterocycles. The minimum atomic E-state index is -0.935. The SMILES string of the molecule is CCC(C(=O)O)n1c(=NC(=O)c2ccccc2)sc2ccccc21. The highest BCUT2D eigenvalue weighted by Gasteiger charge is 2.21. The molecule has 1 unspecified atom stereocenters. The summed E-state index contributed by atoms with van der Waals surface area (Å²) in [7, 11) is 0. The molecule has 0 aliphatic rings. The van der Waals surface area contributed by atoms with Gasteiger partial charge in [-0.15, -0.1) is 0 Å². The van der Waals surface area contributed by atoms with Gasteiger partial charge in [-0.25, -0.2) is 4.79 Å². The van der Waals surface area contributed by atoms with Gasteiger partial charge in [0.1, 0.15) is 6.04 Å². The average Bonchev–Trinajstić information content (AvgIpc) is 2.94. The Morgan fingerprint density at radius 1 is 1.12 bits per heavy atom. The highest BCUT2D eigenvalue weighted by atomic mass is 32.1. The lowest BCUT2D eigenvalue weighted by Crippen LogP contribution is -2.27. The molecule has 24 heavy (non-hydrogen) atoms. The van der Waals surface area contributed by atoms with Gasteiger partial charge in [0, 0.05) is 5.56 Å². The Morgan fingerprint density at radius 2 is 1.79 bits per heavy atom. The molecule has 0 fully saturated rings. The number of thiazole rings is 1. The molecule has 6 heteroatoms. The quantitative estimate of drug-likeness (QED) is 0.790. The second-order valence-electron chi connectivity index (χ2n) is 5.27. The van der Waals surface area contributed by atoms with Crippen molar-refractivity contribution in [2.24, 2.45) is 4.99 Å². The number of aliphatic carboxylic acids is 1. The number of para-hydroxylation sites is 1. The number of hydrogen-bond donors (Lipinski definition) is 1. The highest BCUT2D eigenvalue weighted by molar-refractivity contribution is 7.16. The number of rotatable bonds is 4. The van der Waals surface area contributed by atoms with Gasteiger partial charge in [0.25, 0.3) is 5.91 Å². The van der Waals surface area contributed by atoms with Crippen molar-refractivity contribution >= 4 is 33.4 Å². The molecule has 2 aromatic carbocycles. The molecule has 0 saturated heterocycles. The normalized spacial score (nSPS) is 13.1. The molecular weight excluding hydrogens is 324 g/mol. The molecule has 1 atom stereocenters. The average molecular weight is 340 g/mol. The van der Waals surface area contributed by atoms with Gasteiger partial charge in [0.2, 0.25) is 0 Å². The Kier molecular flexibility index (Phi) is 4.57. The summed E-state index contributed by atoms with van der Waals surface area (Å²) in [6, 6.07) is 15.5. The van der Waals surface area contributed by atoms with Gasteiger partial charge >= 0.3 is 5.97 Å². The van der Waals surface area contributed by atoms with Crippen LogP contribution in [-0.2, 0) is 4.79 Å². The van der Waals surface area contributed by atoms with Gasteiger partial charge < -0.3 is 9.67 Å². The lowest BCUT2D eigenvalue weighted by Gasteiger charge is -2.13. The molecule has 3 aromatic rings. The van der Waals surface area contributed by atoms with Crippen LogP contribution < -0.4 is 4.80 Å². The maximum absolute atomic E-state index is 12.4. The molecule has 0 aliphatic heterocycles. The Balaban J connectivity index is 2.22. The molecule has 0 radical (unpaired) electrons. The summed E-state index contributed by atoms with van der Waals surface area (Å²) in [4.78, 5) is 28.6. The fourth-order valence-corrected chi connectivity index (χ4v) is 3.64. The molecule has 1 amide bonds. The predicted molar refractivity (Wildman–Crippen MR) is 93.1 cm³/mol. The third-order valence-electron chi connectivity index (χ3n) is 3.73. The number of benzene rings is 2. The number of aromatic nitrogens is 1. The summed E-state index contributed by atoms with van der Waals surface area (Å²) < 4.78 is 2.54. The summed E-state index contributed by atoms with van der Waals surface area (Å²) in [5, 5.41) is 9.54. The van der Waals surface area contributed by atoms with Gasteiger partial charge in [0.05, 0.1) is 10.2 Å². The third-order valence-corrected chi connectivity index (χ3v) is 4.77. The van der Waals surface area contributed by atoms with E-state index < -0.39 is 12.0 Å². The van der Waals surface area contributed by atoms with Crippen molar-refractivity contribution in [2.75, 3.05) is 0 Å². The molecule has 5 nitrogen and oxygen atoms in total. The van der Waals surface area contributed by atoms with Crippen LogP contribution in [0.25, 0.3) is 10.2 Å². The van der Waals surface area contributed by atoms with E-state index in [1.807, 2.05) is 30.3 Å². The van der Waals surface area contributed by atoms with Crippen LogP contribution in [0.5, 0.6) is 0 Å². The standard InChI is InChI=1S/C18H16N2O3S/c1-2-13(17(22)23)20-14-10-6-7-11-15(14)24-18(20)19-16(21)12-8-4-3-5-9-12/h3-11,13H,2H2,1H3,(H,22,23). The monoisotopic (exact) mass is 340 g/mol. The zero-order chi connectivity index (χ0) is 17.1. The topological polar surface area (TPSA) is 71.7 Å². The van der Waals surface area contributed by atoms with E-state index in [4.69, 9.17) is 0 Å². The van der Waals surface area contributed by atoms with E-state index in [1.54, 1.807) is 35.8 Å². The van der Waals surface area contributed by atoms with Crippen LogP contribution in [0.3, 0.4) is 0 Å². The number of carbonyl (C=O) groups excluding carboxylic acids is 1. The Hall–Kier alpha value is -2.73. The molecule has 0 aliphatic carbocycles. The first-order valence-corrected chi connectivity index (χ1v) is 8.40. The fraction of sp³-hybridized carbons (Fsp3) is 0.167. The van der Waals surface area contributed by atoms with Gasteiger partial charge in [-0.05, 0) is 30.7 Å². The van der Waals surface area contributed by atoms with Crippen LogP contribution in [0.1, 0.15) is 29.7 Å². The highest BCUT2D eigenvalue weighted by Crippen LogP contribution is 2.22. The molecule has 0 saturated carbocycles. The van der Waals surface area contributed by atoms with E-state index in [2.05, 4.69) is 4.99 Å². The fourth-order valence-electron chi connectivity index (χ4n) is 2.57. The van der Waals surface area contributed by atoms with Crippen LogP contribution in [-0.4, -0.2) is 21.6 Å². The predicted octanol–water partition coefficient (Wildman–Crippen LogP) is 3.48. The molecule has 122 valence electrons. The summed E-state index contributed by atoms with van der Waals surface area (Å²) in [6.45, 7) is 1.81. The first kappa shape index (κ1) is 16.1. The van der Waals surface area contributed by atoms with Crippen LogP contribution in [0.2, 0.25) is 0 Å². The first-order chi connectivity index (χ1) is 11.6. The minimum absolute atomic E-state index is 0.379. The lowest BCUT2D eigenvalue weighted by atomic mass is 10.2. The minimum Gasteiger partial charge on any atom is -0.480 e. The number of fused-ring (bicyclic) bond motifs is 1. The summed E-state index contributed by atoms with van der Waals surface area (Å²) in [6.07, 6.45) is 0.406. The van der Waals surface area contributed by atoms with Crippen molar-refractivity contribution in [1.82, 2.24) is 4.57 Å². The van der Waals surface area contributed by atoms with Gasteiger partial charge in [0.15, 0.2) is 4.80 Å². The zero-order valence-electron chi connectivity index (χ0n) is 13.0. The maximum atomic E-state index is 12.4. The molecule has 0 spiro atoms. The van der Waals surface area contributed by atoms with Crippen LogP contribution in [0.4, 0.5) is 0 Å². The summed E-state index contributed by atoms with van der Waals surface area (Å²) in [5.41, 5.74) is 1.25. The summed E-state index contributed by atoms with van der Waals surface area (Å²) >= 11 is 1.32. The number of carboxylic acids is 1. The maximum Gasteiger partial charge on any atom is 0.326 e. The second kappa shape index (κ2) is 6.80. The Labute approximate surface area is 142 Å². The van der Waals surface area contributed by atoms with E-state index in [-0.39, 0.29) is 5.91 Å². The Bertz CT molecular complexity index is 957. The molecular formula is C18H16N2O3S. The lowest BCUT2D eigenvalue weighted by molar-refractivity contribution is -0.140. The first-order valence-electron chi connectivity index (χ1n) is 7.58. The van der Waals surface area contributed by atoms with Crippen LogP contribution in [0.15, 0.2) is 59.6 Å². The van der Waals surface area contributed by atoms with E-state index in [0.717, 1.165) is 10.2 Å². The largest absolute Gasteiger partial charge is 0.480 e. The molecule has 0 bridgehead atoms. The number of hydrogen-bond acceptors (Lipinski definition) is 3.